The summed E-state index contributed by atoms with van der Waals surface area (Å²) in [6, 6.07) is -2.55. The van der Waals surface area contributed by atoms with E-state index in [1.807, 2.05) is 0 Å². The number of nitrogens with two attached hydrogens (primary N) is 4. The summed E-state index contributed by atoms with van der Waals surface area (Å²) in [5.41, 5.74) is 22.8. The standard InChI is InChI=1S/C45H88N10O9/c46-28-14-12-21-37(50-30-19-10-20-32-52-43(62)36(49)25-27-41(59)60)44(63)53-33-16-7-5-3-1-2-4-6-8-17-34-54-45(64)38(22-13-15-29-47)55-39(56)23-11-9-18-31-51-42(61)35(48)24-26-40(57)58/h35-38,50H,1-34,46-49H2,(H,51,61)(H,52,62)(H,53,63)(H,54,64)(H,55,56)(H,57,58)(H,59,60)/t35-,36-,37-,38-/m0/s1. The van der Waals surface area contributed by atoms with Crippen molar-refractivity contribution in [2.75, 3.05) is 45.8 Å². The third kappa shape index (κ3) is 36.4. The van der Waals surface area contributed by atoms with E-state index in [4.69, 9.17) is 33.1 Å². The molecule has 0 aromatic heterocycles. The summed E-state index contributed by atoms with van der Waals surface area (Å²) < 4.78 is 0. The van der Waals surface area contributed by atoms with E-state index in [-0.39, 0.29) is 67.7 Å². The zero-order chi connectivity index (χ0) is 47.6. The Labute approximate surface area is 382 Å². The number of carboxylic acid groups (broad SMARTS) is 2. The van der Waals surface area contributed by atoms with Crippen molar-refractivity contribution in [1.82, 2.24) is 31.9 Å². The van der Waals surface area contributed by atoms with Crippen molar-refractivity contribution in [3.63, 3.8) is 0 Å². The van der Waals surface area contributed by atoms with Gasteiger partial charge < -0.3 is 65.0 Å². The molecule has 0 unspecified atom stereocenters. The highest BCUT2D eigenvalue weighted by molar-refractivity contribution is 5.87. The third-order valence-electron chi connectivity index (χ3n) is 11.0. The van der Waals surface area contributed by atoms with E-state index >= 15 is 0 Å². The summed E-state index contributed by atoms with van der Waals surface area (Å²) in [7, 11) is 0. The van der Waals surface area contributed by atoms with Crippen molar-refractivity contribution in [3.8, 4) is 0 Å². The lowest BCUT2D eigenvalue weighted by Gasteiger charge is -2.18. The second-order valence-electron chi connectivity index (χ2n) is 16.8. The van der Waals surface area contributed by atoms with E-state index in [1.165, 1.54) is 12.8 Å². The predicted molar refractivity (Wildman–Crippen MR) is 250 cm³/mol. The smallest absolute Gasteiger partial charge is 0.303 e. The number of unbranched alkanes of at least 4 members (excludes halogenated alkanes) is 15. The lowest BCUT2D eigenvalue weighted by atomic mass is 10.1. The zero-order valence-corrected chi connectivity index (χ0v) is 38.9. The first-order valence-electron chi connectivity index (χ1n) is 24.3. The van der Waals surface area contributed by atoms with Gasteiger partial charge in [-0.1, -0.05) is 70.6 Å². The second kappa shape index (κ2) is 41.8. The van der Waals surface area contributed by atoms with Crippen LogP contribution >= 0.6 is 0 Å². The summed E-state index contributed by atoms with van der Waals surface area (Å²) in [4.78, 5) is 83.7. The molecule has 19 nitrogen and oxygen atoms in total. The van der Waals surface area contributed by atoms with Gasteiger partial charge in [-0.2, -0.15) is 0 Å². The van der Waals surface area contributed by atoms with Crippen molar-refractivity contribution in [2.24, 2.45) is 22.9 Å². The number of carbonyl (C=O) groups excluding carboxylic acids is 5. The highest BCUT2D eigenvalue weighted by Crippen LogP contribution is 2.11. The van der Waals surface area contributed by atoms with Gasteiger partial charge in [0.05, 0.1) is 18.1 Å². The van der Waals surface area contributed by atoms with Gasteiger partial charge in [-0.05, 0) is 103 Å². The molecular weight excluding hydrogens is 825 g/mol. The zero-order valence-electron chi connectivity index (χ0n) is 38.9. The molecule has 0 fully saturated rings. The van der Waals surface area contributed by atoms with Crippen molar-refractivity contribution in [1.29, 1.82) is 0 Å². The van der Waals surface area contributed by atoms with Crippen LogP contribution in [-0.2, 0) is 33.6 Å². The Morgan fingerprint density at radius 3 is 1.14 bits per heavy atom. The monoisotopic (exact) mass is 913 g/mol. The van der Waals surface area contributed by atoms with Gasteiger partial charge in [0, 0.05) is 45.4 Å². The Morgan fingerprint density at radius 1 is 0.375 bits per heavy atom. The molecule has 372 valence electrons. The molecular formula is C45H88N10O9. The van der Waals surface area contributed by atoms with Gasteiger partial charge in [0.25, 0.3) is 0 Å². The molecule has 0 heterocycles. The Bertz CT molecular complexity index is 1280. The summed E-state index contributed by atoms with van der Waals surface area (Å²) in [6.07, 6.45) is 19.9. The van der Waals surface area contributed by atoms with E-state index in [9.17, 15) is 33.6 Å². The van der Waals surface area contributed by atoms with Crippen molar-refractivity contribution in [2.45, 2.75) is 198 Å². The number of rotatable bonds is 45. The van der Waals surface area contributed by atoms with Crippen LogP contribution in [-0.4, -0.2) is 122 Å². The molecule has 0 aliphatic heterocycles. The van der Waals surface area contributed by atoms with E-state index in [0.29, 0.717) is 71.5 Å². The Hall–Kier alpha value is -3.91. The predicted octanol–water partition coefficient (Wildman–Crippen LogP) is 2.17. The largest absolute Gasteiger partial charge is 0.481 e. The van der Waals surface area contributed by atoms with Crippen molar-refractivity contribution in [3.05, 3.63) is 0 Å². The van der Waals surface area contributed by atoms with Crippen LogP contribution in [0.2, 0.25) is 0 Å². The fourth-order valence-electron chi connectivity index (χ4n) is 6.98. The minimum absolute atomic E-state index is 0.0227. The lowest BCUT2D eigenvalue weighted by Crippen LogP contribution is -2.47. The molecule has 0 radical (unpaired) electrons. The number of hydrogen-bond acceptors (Lipinski definition) is 12. The Morgan fingerprint density at radius 2 is 0.719 bits per heavy atom. The van der Waals surface area contributed by atoms with Crippen LogP contribution in [0.5, 0.6) is 0 Å². The van der Waals surface area contributed by atoms with Gasteiger partial charge in [0.1, 0.15) is 6.04 Å². The van der Waals surface area contributed by atoms with Crippen LogP contribution in [0.1, 0.15) is 173 Å². The molecule has 5 amide bonds. The van der Waals surface area contributed by atoms with Crippen LogP contribution in [0.4, 0.5) is 0 Å². The summed E-state index contributed by atoms with van der Waals surface area (Å²) in [5, 5.41) is 35.3. The van der Waals surface area contributed by atoms with Gasteiger partial charge in [-0.15, -0.1) is 0 Å². The van der Waals surface area contributed by atoms with Crippen LogP contribution < -0.4 is 54.8 Å². The number of amides is 5. The summed E-state index contributed by atoms with van der Waals surface area (Å²) >= 11 is 0. The minimum atomic E-state index is -0.999. The quantitative estimate of drug-likeness (QED) is 0.0390. The number of carbonyl (C=O) groups is 7. The Balaban J connectivity index is 4.11. The average molecular weight is 913 g/mol. The van der Waals surface area contributed by atoms with Crippen LogP contribution in [0.15, 0.2) is 0 Å². The molecule has 0 saturated carbocycles. The molecule has 0 aliphatic rings. The van der Waals surface area contributed by atoms with Crippen LogP contribution in [0.3, 0.4) is 0 Å². The highest BCUT2D eigenvalue weighted by atomic mass is 16.4. The first-order chi connectivity index (χ1) is 30.8. The van der Waals surface area contributed by atoms with Gasteiger partial charge in [0.2, 0.25) is 29.5 Å². The van der Waals surface area contributed by atoms with Gasteiger partial charge in [0.15, 0.2) is 0 Å². The lowest BCUT2D eigenvalue weighted by molar-refractivity contribution is -0.138. The number of nitrogens with one attached hydrogen (secondary N) is 6. The molecule has 0 aromatic carbocycles. The first kappa shape index (κ1) is 60.1. The second-order valence-corrected chi connectivity index (χ2v) is 16.8. The number of aliphatic carboxylic acids is 2. The molecule has 4 atom stereocenters. The maximum Gasteiger partial charge on any atom is 0.303 e. The molecule has 0 aromatic rings. The maximum absolute atomic E-state index is 12.9. The molecule has 16 N–H and O–H groups in total. The molecule has 0 spiro atoms. The molecule has 64 heavy (non-hydrogen) atoms. The molecule has 19 heteroatoms. The number of carboxylic acids is 2. The van der Waals surface area contributed by atoms with Gasteiger partial charge in [-0.25, -0.2) is 0 Å². The Kier molecular flexibility index (Phi) is 39.2. The van der Waals surface area contributed by atoms with Crippen LogP contribution in [0.25, 0.3) is 0 Å². The normalized spacial score (nSPS) is 13.0. The summed E-state index contributed by atoms with van der Waals surface area (Å²) in [5.74, 6) is -3.03. The van der Waals surface area contributed by atoms with Crippen molar-refractivity contribution >= 4 is 41.5 Å². The van der Waals surface area contributed by atoms with E-state index in [0.717, 1.165) is 103 Å². The molecule has 0 bridgehead atoms. The molecule has 0 aliphatic carbocycles. The molecule has 0 rings (SSSR count). The van der Waals surface area contributed by atoms with E-state index in [2.05, 4.69) is 31.9 Å². The average Bonchev–Trinajstić information content (AvgIpc) is 3.26. The van der Waals surface area contributed by atoms with Crippen molar-refractivity contribution < 1.29 is 43.8 Å². The minimum Gasteiger partial charge on any atom is -0.481 e. The van der Waals surface area contributed by atoms with Gasteiger partial charge >= 0.3 is 11.9 Å². The van der Waals surface area contributed by atoms with Crippen LogP contribution in [0, 0.1) is 0 Å². The van der Waals surface area contributed by atoms with E-state index < -0.39 is 30.1 Å². The molecule has 0 saturated heterocycles. The SMILES string of the molecule is NCCCC[C@H](NCCCCCNC(=O)[C@@H](N)CCC(=O)O)C(=O)NCCCCCCCCCCCCNC(=O)[C@H](CCCCN)NC(=O)CCCCCNC(=O)[C@@H](N)CCC(=O)O. The van der Waals surface area contributed by atoms with Gasteiger partial charge in [-0.3, -0.25) is 33.6 Å². The maximum atomic E-state index is 12.9. The summed E-state index contributed by atoms with van der Waals surface area (Å²) in [6.45, 7) is 3.89. The highest BCUT2D eigenvalue weighted by Gasteiger charge is 2.21. The fourth-order valence-corrected chi connectivity index (χ4v) is 6.98. The van der Waals surface area contributed by atoms with E-state index in [1.54, 1.807) is 0 Å². The number of hydrogen-bond donors (Lipinski definition) is 12. The fraction of sp³-hybridized carbons (Fsp3) is 0.844. The first-order valence-corrected chi connectivity index (χ1v) is 24.3. The topological polar surface area (TPSA) is 336 Å². The third-order valence-corrected chi connectivity index (χ3v) is 11.0.